The quantitative estimate of drug-likeness (QED) is 0.313. The van der Waals surface area contributed by atoms with Gasteiger partial charge >= 0.3 is 0 Å². The van der Waals surface area contributed by atoms with Gasteiger partial charge in [-0.25, -0.2) is 4.98 Å². The van der Waals surface area contributed by atoms with E-state index in [1.165, 1.54) is 6.20 Å². The number of pyridine rings is 1. The van der Waals surface area contributed by atoms with Crippen LogP contribution in [0.25, 0.3) is 33.3 Å². The third-order valence-corrected chi connectivity index (χ3v) is 5.61. The minimum Gasteiger partial charge on any atom is -0.619 e. The lowest BCUT2D eigenvalue weighted by molar-refractivity contribution is -0.612. The lowest BCUT2D eigenvalue weighted by Gasteiger charge is -2.09. The predicted molar refractivity (Wildman–Crippen MR) is 123 cm³/mol. The molecule has 2 aromatic carbocycles. The molecule has 5 rings (SSSR count). The first-order valence-corrected chi connectivity index (χ1v) is 10.4. The summed E-state index contributed by atoms with van der Waals surface area (Å²) < 4.78 is 10.7. The summed E-state index contributed by atoms with van der Waals surface area (Å²) in [5.74, 6) is 0.764. The lowest BCUT2D eigenvalue weighted by atomic mass is 10.0. The van der Waals surface area contributed by atoms with Gasteiger partial charge in [-0.2, -0.15) is 9.83 Å². The third-order valence-electron chi connectivity index (χ3n) is 5.61. The first-order valence-electron chi connectivity index (χ1n) is 10.4. The Morgan fingerprint density at radius 3 is 2.59 bits per heavy atom. The number of aromatic nitrogens is 5. The van der Waals surface area contributed by atoms with Crippen LogP contribution in [0.1, 0.15) is 11.4 Å². The van der Waals surface area contributed by atoms with Crippen LogP contribution in [0.5, 0.6) is 5.75 Å². The van der Waals surface area contributed by atoms with Crippen LogP contribution in [0.4, 0.5) is 0 Å². The third kappa shape index (κ3) is 3.58. The SMILES string of the molecule is Cc1cc(-c2cn(C)nc2COc2ccc(-c3cccc4c3ncn4C)cc2)cc[n+]1[O-]. The van der Waals surface area contributed by atoms with Crippen molar-refractivity contribution in [3.63, 3.8) is 0 Å². The molecule has 0 unspecified atom stereocenters. The molecular formula is C25H23N5O2. The van der Waals surface area contributed by atoms with E-state index >= 15 is 0 Å². The topological polar surface area (TPSA) is 71.8 Å². The number of hydrogen-bond acceptors (Lipinski definition) is 4. The van der Waals surface area contributed by atoms with Crippen LogP contribution in [0.2, 0.25) is 0 Å². The molecule has 0 amide bonds. The molecule has 160 valence electrons. The van der Waals surface area contributed by atoms with Crippen molar-refractivity contribution >= 4 is 11.0 Å². The van der Waals surface area contributed by atoms with E-state index in [0.717, 1.165) is 49.5 Å². The molecule has 0 saturated carbocycles. The molecule has 0 N–H and O–H groups in total. The molecule has 0 spiro atoms. The van der Waals surface area contributed by atoms with Crippen molar-refractivity contribution in [3.8, 4) is 28.0 Å². The molecular weight excluding hydrogens is 402 g/mol. The van der Waals surface area contributed by atoms with Crippen LogP contribution in [0, 0.1) is 12.1 Å². The van der Waals surface area contributed by atoms with Crippen LogP contribution >= 0.6 is 0 Å². The Morgan fingerprint density at radius 1 is 1.00 bits per heavy atom. The Hall–Kier alpha value is -4.13. The first-order chi connectivity index (χ1) is 15.5. The van der Waals surface area contributed by atoms with Crippen molar-refractivity contribution in [2.75, 3.05) is 0 Å². The van der Waals surface area contributed by atoms with E-state index in [9.17, 15) is 5.21 Å². The highest BCUT2D eigenvalue weighted by Gasteiger charge is 2.14. The first kappa shape index (κ1) is 19.8. The summed E-state index contributed by atoms with van der Waals surface area (Å²) in [6.07, 6.45) is 5.29. The van der Waals surface area contributed by atoms with Crippen LogP contribution in [0.15, 0.2) is 73.3 Å². The van der Waals surface area contributed by atoms with Crippen LogP contribution in [0.3, 0.4) is 0 Å². The maximum atomic E-state index is 11.7. The molecule has 3 aromatic heterocycles. The average Bonchev–Trinajstić information content (AvgIpc) is 3.37. The van der Waals surface area contributed by atoms with E-state index in [-0.39, 0.29) is 0 Å². The van der Waals surface area contributed by atoms with Crippen molar-refractivity contribution in [1.29, 1.82) is 0 Å². The predicted octanol–water partition coefficient (Wildman–Crippen LogP) is 4.16. The summed E-state index contributed by atoms with van der Waals surface area (Å²) >= 11 is 0. The van der Waals surface area contributed by atoms with Gasteiger partial charge in [0.05, 0.1) is 17.4 Å². The van der Waals surface area contributed by atoms with Crippen molar-refractivity contribution in [1.82, 2.24) is 19.3 Å². The van der Waals surface area contributed by atoms with Crippen molar-refractivity contribution < 1.29 is 9.47 Å². The molecule has 7 heteroatoms. The van der Waals surface area contributed by atoms with Crippen molar-refractivity contribution in [2.45, 2.75) is 13.5 Å². The van der Waals surface area contributed by atoms with Crippen LogP contribution < -0.4 is 9.47 Å². The number of imidazole rings is 1. The Labute approximate surface area is 185 Å². The molecule has 32 heavy (non-hydrogen) atoms. The summed E-state index contributed by atoms with van der Waals surface area (Å²) in [6.45, 7) is 2.12. The molecule has 0 aliphatic carbocycles. The van der Waals surface area contributed by atoms with Gasteiger partial charge in [-0.05, 0) is 29.3 Å². The zero-order valence-electron chi connectivity index (χ0n) is 18.2. The highest BCUT2D eigenvalue weighted by Crippen LogP contribution is 2.29. The van der Waals surface area contributed by atoms with Gasteiger partial charge in [0.15, 0.2) is 11.9 Å². The average molecular weight is 425 g/mol. The minimum absolute atomic E-state index is 0.330. The van der Waals surface area contributed by atoms with E-state index in [1.54, 1.807) is 17.7 Å². The molecule has 5 aromatic rings. The van der Waals surface area contributed by atoms with E-state index < -0.39 is 0 Å². The highest BCUT2D eigenvalue weighted by molar-refractivity contribution is 5.92. The van der Waals surface area contributed by atoms with Gasteiger partial charge < -0.3 is 14.5 Å². The van der Waals surface area contributed by atoms with E-state index in [0.29, 0.717) is 12.3 Å². The number of nitrogens with zero attached hydrogens (tertiary/aromatic N) is 5. The zero-order valence-corrected chi connectivity index (χ0v) is 18.2. The second kappa shape index (κ2) is 7.85. The summed E-state index contributed by atoms with van der Waals surface area (Å²) in [5.41, 5.74) is 7.62. The van der Waals surface area contributed by atoms with Gasteiger partial charge in [-0.3, -0.25) is 4.68 Å². The number of aryl methyl sites for hydroxylation is 3. The van der Waals surface area contributed by atoms with Gasteiger partial charge in [0.1, 0.15) is 18.1 Å². The van der Waals surface area contributed by atoms with Crippen LogP contribution in [-0.2, 0) is 20.7 Å². The molecule has 0 bridgehead atoms. The largest absolute Gasteiger partial charge is 0.619 e. The van der Waals surface area contributed by atoms with Gasteiger partial charge in [-0.1, -0.05) is 24.3 Å². The van der Waals surface area contributed by atoms with Crippen molar-refractivity contribution in [2.24, 2.45) is 14.1 Å². The van der Waals surface area contributed by atoms with Crippen LogP contribution in [-0.4, -0.2) is 19.3 Å². The fraction of sp³-hybridized carbons (Fsp3) is 0.160. The molecule has 0 aliphatic rings. The molecule has 0 fully saturated rings. The monoisotopic (exact) mass is 425 g/mol. The van der Waals surface area contributed by atoms with E-state index in [2.05, 4.69) is 22.2 Å². The smallest absolute Gasteiger partial charge is 0.190 e. The van der Waals surface area contributed by atoms with Gasteiger partial charge in [0, 0.05) is 50.5 Å². The molecule has 0 aliphatic heterocycles. The van der Waals surface area contributed by atoms with E-state index in [1.807, 2.05) is 67.6 Å². The normalized spacial score (nSPS) is 11.2. The summed E-state index contributed by atoms with van der Waals surface area (Å²) in [7, 11) is 3.88. The summed E-state index contributed by atoms with van der Waals surface area (Å²) in [5, 5.41) is 16.2. The fourth-order valence-electron chi connectivity index (χ4n) is 3.93. The maximum absolute atomic E-state index is 11.7. The van der Waals surface area contributed by atoms with Gasteiger partial charge in [0.2, 0.25) is 0 Å². The second-order valence-corrected chi connectivity index (χ2v) is 7.89. The molecule has 0 atom stereocenters. The Morgan fingerprint density at radius 2 is 1.81 bits per heavy atom. The summed E-state index contributed by atoms with van der Waals surface area (Å²) in [4.78, 5) is 4.55. The summed E-state index contributed by atoms with van der Waals surface area (Å²) in [6, 6.07) is 17.9. The highest BCUT2D eigenvalue weighted by atomic mass is 16.5. The van der Waals surface area contributed by atoms with Crippen molar-refractivity contribution in [3.05, 3.63) is 89.9 Å². The maximum Gasteiger partial charge on any atom is 0.190 e. The Kier molecular flexibility index (Phi) is 4.86. The number of hydrogen-bond donors (Lipinski definition) is 0. The van der Waals surface area contributed by atoms with Gasteiger partial charge in [0.25, 0.3) is 0 Å². The zero-order chi connectivity index (χ0) is 22.2. The molecule has 0 saturated heterocycles. The Bertz CT molecular complexity index is 1420. The fourth-order valence-corrected chi connectivity index (χ4v) is 3.93. The lowest BCUT2D eigenvalue weighted by Crippen LogP contribution is -2.28. The number of rotatable bonds is 5. The Balaban J connectivity index is 1.37. The number of fused-ring (bicyclic) bond motifs is 1. The molecule has 7 nitrogen and oxygen atoms in total. The minimum atomic E-state index is 0.330. The van der Waals surface area contributed by atoms with Gasteiger partial charge in [-0.15, -0.1) is 0 Å². The van der Waals surface area contributed by atoms with E-state index in [4.69, 9.17) is 4.74 Å². The second-order valence-electron chi connectivity index (χ2n) is 7.89. The molecule has 0 radical (unpaired) electrons. The molecule has 3 heterocycles. The standard InChI is InChI=1S/C25H23N5O2/c1-17-13-19(11-12-30(17)31)22-14-29(3)27-23(22)15-32-20-9-7-18(8-10-20)21-5-4-6-24-25(21)26-16-28(24)2/h4-14,16H,15H2,1-3H3. The number of para-hydroxylation sites is 1. The number of benzene rings is 2. The number of ether oxygens (including phenoxy) is 1.